The molecule has 1 atom stereocenters. The maximum absolute atomic E-state index is 11.1. The fourth-order valence-corrected chi connectivity index (χ4v) is 2.28. The largest absolute Gasteiger partial charge is 0.481 e. The number of halogens is 2. The molecule has 1 aromatic carbocycles. The Labute approximate surface area is 123 Å². The molecule has 0 heterocycles. The lowest BCUT2D eigenvalue weighted by atomic mass is 9.97. The maximum Gasteiger partial charge on any atom is 0.307 e. The molecule has 1 unspecified atom stereocenters. The Morgan fingerprint density at radius 1 is 1.37 bits per heavy atom. The summed E-state index contributed by atoms with van der Waals surface area (Å²) in [5.41, 5.74) is 0.878. The van der Waals surface area contributed by atoms with Crippen LogP contribution < -0.4 is 5.32 Å². The Kier molecular flexibility index (Phi) is 6.63. The van der Waals surface area contributed by atoms with E-state index in [4.69, 9.17) is 28.3 Å². The predicted octanol–water partition coefficient (Wildman–Crippen LogP) is 3.83. The SMILES string of the molecule is CC(C)CC(CNCc1cc(Cl)ccc1Cl)C(=O)O. The zero-order chi connectivity index (χ0) is 14.4. The highest BCUT2D eigenvalue weighted by atomic mass is 35.5. The van der Waals surface area contributed by atoms with Crippen LogP contribution in [0.2, 0.25) is 10.0 Å². The Morgan fingerprint density at radius 3 is 2.63 bits per heavy atom. The van der Waals surface area contributed by atoms with E-state index in [-0.39, 0.29) is 5.92 Å². The second-order valence-corrected chi connectivity index (χ2v) is 5.87. The molecule has 19 heavy (non-hydrogen) atoms. The van der Waals surface area contributed by atoms with Gasteiger partial charge >= 0.3 is 5.97 Å². The Balaban J connectivity index is 2.52. The van der Waals surface area contributed by atoms with Crippen molar-refractivity contribution < 1.29 is 9.90 Å². The van der Waals surface area contributed by atoms with Crippen molar-refractivity contribution in [3.63, 3.8) is 0 Å². The van der Waals surface area contributed by atoms with Crippen molar-refractivity contribution in [2.75, 3.05) is 6.54 Å². The molecule has 106 valence electrons. The van der Waals surface area contributed by atoms with Gasteiger partial charge in [-0.15, -0.1) is 0 Å². The number of hydrogen-bond donors (Lipinski definition) is 2. The summed E-state index contributed by atoms with van der Waals surface area (Å²) in [7, 11) is 0. The van der Waals surface area contributed by atoms with Crippen LogP contribution in [-0.2, 0) is 11.3 Å². The van der Waals surface area contributed by atoms with Crippen LogP contribution in [0.4, 0.5) is 0 Å². The zero-order valence-electron chi connectivity index (χ0n) is 11.1. The number of nitrogens with one attached hydrogen (secondary N) is 1. The van der Waals surface area contributed by atoms with E-state index in [1.54, 1.807) is 18.2 Å². The van der Waals surface area contributed by atoms with Gasteiger partial charge in [0.25, 0.3) is 0 Å². The Hall–Kier alpha value is -0.770. The molecule has 0 amide bonds. The van der Waals surface area contributed by atoms with E-state index in [0.29, 0.717) is 35.5 Å². The highest BCUT2D eigenvalue weighted by Gasteiger charge is 2.18. The molecule has 0 saturated heterocycles. The molecular weight excluding hydrogens is 285 g/mol. The second-order valence-electron chi connectivity index (χ2n) is 5.03. The van der Waals surface area contributed by atoms with Crippen molar-refractivity contribution in [2.24, 2.45) is 11.8 Å². The molecule has 2 N–H and O–H groups in total. The normalized spacial score (nSPS) is 12.7. The van der Waals surface area contributed by atoms with E-state index in [2.05, 4.69) is 5.32 Å². The van der Waals surface area contributed by atoms with Crippen LogP contribution >= 0.6 is 23.2 Å². The van der Waals surface area contributed by atoms with Crippen molar-refractivity contribution in [1.82, 2.24) is 5.32 Å². The Morgan fingerprint density at radius 2 is 2.05 bits per heavy atom. The number of hydrogen-bond acceptors (Lipinski definition) is 2. The van der Waals surface area contributed by atoms with Crippen molar-refractivity contribution in [3.8, 4) is 0 Å². The lowest BCUT2D eigenvalue weighted by Gasteiger charge is -2.15. The van der Waals surface area contributed by atoms with Gasteiger partial charge in [0.15, 0.2) is 0 Å². The summed E-state index contributed by atoms with van der Waals surface area (Å²) in [6, 6.07) is 5.25. The fraction of sp³-hybridized carbons (Fsp3) is 0.500. The smallest absolute Gasteiger partial charge is 0.307 e. The number of aliphatic carboxylic acids is 1. The third-order valence-electron chi connectivity index (χ3n) is 2.82. The molecule has 1 aromatic rings. The molecule has 0 saturated carbocycles. The summed E-state index contributed by atoms with van der Waals surface area (Å²) in [4.78, 5) is 11.1. The first kappa shape index (κ1) is 16.3. The topological polar surface area (TPSA) is 49.3 Å². The van der Waals surface area contributed by atoms with Gasteiger partial charge in [0.05, 0.1) is 5.92 Å². The molecule has 0 aromatic heterocycles. The number of carboxylic acid groups (broad SMARTS) is 1. The minimum absolute atomic E-state index is 0.359. The molecule has 0 spiro atoms. The summed E-state index contributed by atoms with van der Waals surface area (Å²) >= 11 is 11.9. The highest BCUT2D eigenvalue weighted by Crippen LogP contribution is 2.20. The second kappa shape index (κ2) is 7.73. The van der Waals surface area contributed by atoms with Gasteiger partial charge in [-0.1, -0.05) is 37.0 Å². The molecule has 0 fully saturated rings. The van der Waals surface area contributed by atoms with Crippen molar-refractivity contribution in [3.05, 3.63) is 33.8 Å². The van der Waals surface area contributed by atoms with Gasteiger partial charge in [-0.25, -0.2) is 0 Å². The Bertz CT molecular complexity index is 435. The van der Waals surface area contributed by atoms with Crippen molar-refractivity contribution in [2.45, 2.75) is 26.8 Å². The van der Waals surface area contributed by atoms with E-state index in [1.807, 2.05) is 13.8 Å². The third-order valence-corrected chi connectivity index (χ3v) is 3.42. The van der Waals surface area contributed by atoms with Crippen molar-refractivity contribution >= 4 is 29.2 Å². The number of carboxylic acids is 1. The molecule has 0 aliphatic rings. The van der Waals surface area contributed by atoms with Gasteiger partial charge in [0.1, 0.15) is 0 Å². The summed E-state index contributed by atoms with van der Waals surface area (Å²) in [6.45, 7) is 4.98. The number of carbonyl (C=O) groups is 1. The first-order valence-corrected chi connectivity index (χ1v) is 7.03. The summed E-state index contributed by atoms with van der Waals surface area (Å²) in [6.07, 6.45) is 0.658. The molecule has 3 nitrogen and oxygen atoms in total. The number of benzene rings is 1. The average molecular weight is 304 g/mol. The maximum atomic E-state index is 11.1. The van der Waals surface area contributed by atoms with Gasteiger partial charge in [0.2, 0.25) is 0 Å². The lowest BCUT2D eigenvalue weighted by Crippen LogP contribution is -2.29. The molecule has 0 bridgehead atoms. The standard InChI is InChI=1S/C14H19Cl2NO2/c1-9(2)5-11(14(18)19)8-17-7-10-6-12(15)3-4-13(10)16/h3-4,6,9,11,17H,5,7-8H2,1-2H3,(H,18,19). The number of rotatable bonds is 7. The molecule has 0 aliphatic heterocycles. The fourth-order valence-electron chi connectivity index (χ4n) is 1.90. The molecule has 1 rings (SSSR count). The minimum atomic E-state index is -0.765. The van der Waals surface area contributed by atoms with Gasteiger partial charge < -0.3 is 10.4 Å². The van der Waals surface area contributed by atoms with E-state index < -0.39 is 5.97 Å². The van der Waals surface area contributed by atoms with Crippen LogP contribution in [0.1, 0.15) is 25.8 Å². The van der Waals surface area contributed by atoms with Crippen LogP contribution in [0.25, 0.3) is 0 Å². The average Bonchev–Trinajstić information content (AvgIpc) is 2.31. The van der Waals surface area contributed by atoms with Gasteiger partial charge in [-0.2, -0.15) is 0 Å². The molecule has 5 heteroatoms. The third kappa shape index (κ3) is 5.81. The van der Waals surface area contributed by atoms with Gasteiger partial charge in [-0.05, 0) is 36.1 Å². The van der Waals surface area contributed by atoms with Crippen molar-refractivity contribution in [1.29, 1.82) is 0 Å². The van der Waals surface area contributed by atoms with Crippen LogP contribution in [0, 0.1) is 11.8 Å². The van der Waals surface area contributed by atoms with Gasteiger partial charge in [-0.3, -0.25) is 4.79 Å². The highest BCUT2D eigenvalue weighted by molar-refractivity contribution is 6.33. The predicted molar refractivity (Wildman–Crippen MR) is 78.7 cm³/mol. The summed E-state index contributed by atoms with van der Waals surface area (Å²) in [5.74, 6) is -0.783. The van der Waals surface area contributed by atoms with E-state index >= 15 is 0 Å². The van der Waals surface area contributed by atoms with Crippen LogP contribution in [0.3, 0.4) is 0 Å². The van der Waals surface area contributed by atoms with Crippen LogP contribution in [0.15, 0.2) is 18.2 Å². The first-order valence-electron chi connectivity index (χ1n) is 6.27. The first-order chi connectivity index (χ1) is 8.90. The monoisotopic (exact) mass is 303 g/mol. The minimum Gasteiger partial charge on any atom is -0.481 e. The summed E-state index contributed by atoms with van der Waals surface area (Å²) in [5, 5.41) is 13.5. The van der Waals surface area contributed by atoms with E-state index in [0.717, 1.165) is 5.56 Å². The molecule has 0 aliphatic carbocycles. The zero-order valence-corrected chi connectivity index (χ0v) is 12.6. The summed E-state index contributed by atoms with van der Waals surface area (Å²) < 4.78 is 0. The molecule has 0 radical (unpaired) electrons. The van der Waals surface area contributed by atoms with E-state index in [1.165, 1.54) is 0 Å². The van der Waals surface area contributed by atoms with Gasteiger partial charge in [0, 0.05) is 23.1 Å². The molecular formula is C14H19Cl2NO2. The van der Waals surface area contributed by atoms with Crippen LogP contribution in [-0.4, -0.2) is 17.6 Å². The van der Waals surface area contributed by atoms with Crippen LogP contribution in [0.5, 0.6) is 0 Å². The lowest BCUT2D eigenvalue weighted by molar-refractivity contribution is -0.142. The quantitative estimate of drug-likeness (QED) is 0.805. The van der Waals surface area contributed by atoms with E-state index in [9.17, 15) is 4.79 Å².